The van der Waals surface area contributed by atoms with Crippen molar-refractivity contribution in [2.75, 3.05) is 18.4 Å². The summed E-state index contributed by atoms with van der Waals surface area (Å²) in [5.74, 6) is 0. The van der Waals surface area contributed by atoms with E-state index in [0.717, 1.165) is 12.1 Å². The molecule has 1 fully saturated rings. The normalized spacial score (nSPS) is 18.8. The van der Waals surface area contributed by atoms with E-state index >= 15 is 0 Å². The number of aliphatic hydroxyl groups excluding tert-OH is 1. The second-order valence-corrected chi connectivity index (χ2v) is 7.37. The summed E-state index contributed by atoms with van der Waals surface area (Å²) in [4.78, 5) is 0. The Labute approximate surface area is 126 Å². The molecule has 5 nitrogen and oxygen atoms in total. The summed E-state index contributed by atoms with van der Waals surface area (Å²) in [6, 6.07) is 4.63. The van der Waals surface area contributed by atoms with E-state index in [4.69, 9.17) is 4.74 Å². The minimum Gasteiger partial charge on any atom is -0.383 e. The zero-order valence-corrected chi connectivity index (χ0v) is 12.5. The highest BCUT2D eigenvalue weighted by atomic mass is 32.2. The number of sulfonamides is 1. The molecule has 0 heterocycles. The largest absolute Gasteiger partial charge is 0.418 e. The number of alkyl halides is 3. The lowest BCUT2D eigenvalue weighted by Crippen LogP contribution is -2.33. The van der Waals surface area contributed by atoms with Crippen LogP contribution in [0.1, 0.15) is 24.5 Å². The summed E-state index contributed by atoms with van der Waals surface area (Å²) in [7, 11) is -2.39. The third-order valence-corrected chi connectivity index (χ3v) is 5.72. The van der Waals surface area contributed by atoms with Crippen LogP contribution < -0.4 is 4.72 Å². The Kier molecular flexibility index (Phi) is 4.42. The van der Waals surface area contributed by atoms with Crippen molar-refractivity contribution in [2.24, 2.45) is 0 Å². The maximum Gasteiger partial charge on any atom is 0.418 e. The number of aliphatic hydroxyl groups is 1. The van der Waals surface area contributed by atoms with Gasteiger partial charge in [-0.05, 0) is 30.5 Å². The summed E-state index contributed by atoms with van der Waals surface area (Å²) >= 11 is 0. The van der Waals surface area contributed by atoms with Gasteiger partial charge in [0.05, 0.1) is 6.61 Å². The number of ether oxygens (including phenoxy) is 1. The fraction of sp³-hybridized carbons (Fsp3) is 0.538. The third kappa shape index (κ3) is 3.36. The summed E-state index contributed by atoms with van der Waals surface area (Å²) in [5.41, 5.74) is -0.451. The van der Waals surface area contributed by atoms with Gasteiger partial charge in [-0.15, -0.1) is 0 Å². The molecule has 1 aliphatic rings. The average molecular weight is 339 g/mol. The van der Waals surface area contributed by atoms with Gasteiger partial charge in [-0.1, -0.05) is 12.1 Å². The first-order valence-corrected chi connectivity index (χ1v) is 7.96. The fourth-order valence-corrected chi connectivity index (χ4v) is 3.68. The summed E-state index contributed by atoms with van der Waals surface area (Å²) in [5, 5.41) is 9.21. The van der Waals surface area contributed by atoms with Gasteiger partial charge in [0.25, 0.3) is 0 Å². The molecule has 9 heteroatoms. The van der Waals surface area contributed by atoms with Crippen LogP contribution in [0.4, 0.5) is 18.9 Å². The predicted octanol–water partition coefficient (Wildman–Crippen LogP) is 2.20. The molecule has 22 heavy (non-hydrogen) atoms. The molecule has 1 aliphatic carbocycles. The molecule has 2 rings (SSSR count). The van der Waals surface area contributed by atoms with Crippen molar-refractivity contribution in [2.45, 2.75) is 29.9 Å². The van der Waals surface area contributed by atoms with Crippen LogP contribution in [0, 0.1) is 0 Å². The zero-order valence-electron chi connectivity index (χ0n) is 11.7. The van der Waals surface area contributed by atoms with Crippen LogP contribution >= 0.6 is 0 Å². The van der Waals surface area contributed by atoms with E-state index in [9.17, 15) is 26.7 Å². The first-order chi connectivity index (χ1) is 10.1. The van der Waals surface area contributed by atoms with Gasteiger partial charge in [0, 0.05) is 12.8 Å². The van der Waals surface area contributed by atoms with Crippen molar-refractivity contribution >= 4 is 15.7 Å². The Morgan fingerprint density at radius 1 is 1.41 bits per heavy atom. The molecule has 0 spiro atoms. The molecule has 0 aliphatic heterocycles. The van der Waals surface area contributed by atoms with Crippen molar-refractivity contribution in [3.8, 4) is 0 Å². The standard InChI is InChI=1S/C13H16F3NO4S/c1-21-8-12(5-6-12)22(19,20)17-10-4-2-3-9(7-10)11(18)13(14,15)16/h2-4,7,11,17-18H,5-6,8H2,1H3/t11-/m1/s1. The average Bonchev–Trinajstić information content (AvgIpc) is 3.18. The van der Waals surface area contributed by atoms with Crippen LogP contribution in [0.5, 0.6) is 0 Å². The number of halogens is 3. The smallest absolute Gasteiger partial charge is 0.383 e. The van der Waals surface area contributed by atoms with Crippen molar-refractivity contribution in [1.29, 1.82) is 0 Å². The van der Waals surface area contributed by atoms with Crippen molar-refractivity contribution in [3.05, 3.63) is 29.8 Å². The number of rotatable bonds is 6. The molecule has 1 saturated carbocycles. The van der Waals surface area contributed by atoms with Gasteiger partial charge >= 0.3 is 6.18 Å². The van der Waals surface area contributed by atoms with Crippen LogP contribution in [-0.4, -0.2) is 38.2 Å². The van der Waals surface area contributed by atoms with E-state index in [2.05, 4.69) is 4.72 Å². The Balaban J connectivity index is 2.21. The van der Waals surface area contributed by atoms with Gasteiger partial charge in [0.15, 0.2) is 6.10 Å². The molecule has 0 bridgehead atoms. The highest BCUT2D eigenvalue weighted by Gasteiger charge is 2.55. The van der Waals surface area contributed by atoms with Crippen LogP contribution in [0.3, 0.4) is 0 Å². The molecule has 0 unspecified atom stereocenters. The van der Waals surface area contributed by atoms with Crippen molar-refractivity contribution in [1.82, 2.24) is 0 Å². The molecule has 0 amide bonds. The summed E-state index contributed by atoms with van der Waals surface area (Å²) < 4.78 is 68.2. The Morgan fingerprint density at radius 2 is 2.05 bits per heavy atom. The van der Waals surface area contributed by atoms with Gasteiger partial charge < -0.3 is 9.84 Å². The van der Waals surface area contributed by atoms with Gasteiger partial charge in [0.2, 0.25) is 10.0 Å². The second-order valence-electron chi connectivity index (χ2n) is 5.29. The van der Waals surface area contributed by atoms with E-state index in [0.29, 0.717) is 12.8 Å². The monoisotopic (exact) mass is 339 g/mol. The second kappa shape index (κ2) is 5.71. The van der Waals surface area contributed by atoms with Crippen LogP contribution in [-0.2, 0) is 14.8 Å². The minimum atomic E-state index is -4.81. The van der Waals surface area contributed by atoms with Crippen LogP contribution in [0.15, 0.2) is 24.3 Å². The molecule has 124 valence electrons. The van der Waals surface area contributed by atoms with Gasteiger partial charge in [0.1, 0.15) is 4.75 Å². The van der Waals surface area contributed by atoms with E-state index < -0.39 is 32.6 Å². The van der Waals surface area contributed by atoms with Crippen molar-refractivity contribution < 1.29 is 31.4 Å². The SMILES string of the molecule is COCC1(S(=O)(=O)Nc2cccc([C@@H](O)C(F)(F)F)c2)CC1. The van der Waals surface area contributed by atoms with Crippen LogP contribution in [0.2, 0.25) is 0 Å². The summed E-state index contributed by atoms with van der Waals surface area (Å²) in [6.07, 6.45) is -6.61. The topological polar surface area (TPSA) is 75.6 Å². The highest BCUT2D eigenvalue weighted by Crippen LogP contribution is 2.44. The number of hydrogen-bond donors (Lipinski definition) is 2. The van der Waals surface area contributed by atoms with Gasteiger partial charge in [-0.3, -0.25) is 4.72 Å². The molecular formula is C13H16F3NO4S. The number of methoxy groups -OCH3 is 1. The molecule has 2 N–H and O–H groups in total. The lowest BCUT2D eigenvalue weighted by atomic mass is 10.1. The Morgan fingerprint density at radius 3 is 2.55 bits per heavy atom. The first kappa shape index (κ1) is 17.0. The van der Waals surface area contributed by atoms with E-state index in [1.807, 2.05) is 0 Å². The molecule has 1 aromatic rings. The van der Waals surface area contributed by atoms with E-state index in [1.54, 1.807) is 0 Å². The van der Waals surface area contributed by atoms with Crippen LogP contribution in [0.25, 0.3) is 0 Å². The first-order valence-electron chi connectivity index (χ1n) is 6.47. The maximum absolute atomic E-state index is 12.5. The molecule has 0 saturated heterocycles. The molecule has 0 aromatic heterocycles. The number of nitrogens with one attached hydrogen (secondary N) is 1. The predicted molar refractivity (Wildman–Crippen MR) is 73.8 cm³/mol. The molecule has 1 aromatic carbocycles. The fourth-order valence-electron chi connectivity index (χ4n) is 2.12. The quantitative estimate of drug-likeness (QED) is 0.833. The Hall–Kier alpha value is -1.32. The van der Waals surface area contributed by atoms with E-state index in [1.165, 1.54) is 19.2 Å². The third-order valence-electron chi connectivity index (χ3n) is 3.55. The molecule has 0 radical (unpaired) electrons. The summed E-state index contributed by atoms with van der Waals surface area (Å²) in [6.45, 7) is 0.0210. The Bertz CT molecular complexity index is 641. The number of benzene rings is 1. The lowest BCUT2D eigenvalue weighted by Gasteiger charge is -2.19. The highest BCUT2D eigenvalue weighted by molar-refractivity contribution is 7.94. The van der Waals surface area contributed by atoms with Gasteiger partial charge in [-0.2, -0.15) is 13.2 Å². The molecular weight excluding hydrogens is 323 g/mol. The molecule has 1 atom stereocenters. The zero-order chi connectivity index (χ0) is 16.6. The lowest BCUT2D eigenvalue weighted by molar-refractivity contribution is -0.206. The van der Waals surface area contributed by atoms with Gasteiger partial charge in [-0.25, -0.2) is 8.42 Å². The van der Waals surface area contributed by atoms with Crippen molar-refractivity contribution in [3.63, 3.8) is 0 Å². The van der Waals surface area contributed by atoms with E-state index in [-0.39, 0.29) is 12.3 Å². The number of hydrogen-bond acceptors (Lipinski definition) is 4. The minimum absolute atomic E-state index is 0.0210. The maximum atomic E-state index is 12.5. The number of anilines is 1.